The summed E-state index contributed by atoms with van der Waals surface area (Å²) in [6, 6.07) is 6.44. The summed E-state index contributed by atoms with van der Waals surface area (Å²) >= 11 is 0. The van der Waals surface area contributed by atoms with Crippen LogP contribution in [0, 0.1) is 0 Å². The topological polar surface area (TPSA) is 67.4 Å². The van der Waals surface area contributed by atoms with Gasteiger partial charge in [-0.2, -0.15) is 0 Å². The van der Waals surface area contributed by atoms with Crippen LogP contribution in [0.4, 0.5) is 0 Å². The average molecular weight is 393 g/mol. The largest absolute Gasteiger partial charge is 0.497 e. The van der Waals surface area contributed by atoms with Crippen molar-refractivity contribution in [3.63, 3.8) is 0 Å². The molecule has 1 aliphatic rings. The van der Waals surface area contributed by atoms with Gasteiger partial charge in [-0.15, -0.1) is 0 Å². The van der Waals surface area contributed by atoms with Crippen LogP contribution in [0.15, 0.2) is 23.2 Å². The highest BCUT2D eigenvalue weighted by Crippen LogP contribution is 2.24. The number of ether oxygens (including phenoxy) is 3. The van der Waals surface area contributed by atoms with Crippen molar-refractivity contribution in [3.8, 4) is 11.5 Å². The van der Waals surface area contributed by atoms with E-state index < -0.39 is 0 Å². The average Bonchev–Trinajstić information content (AvgIpc) is 3.12. The predicted octanol–water partition coefficient (Wildman–Crippen LogP) is 2.26. The minimum Gasteiger partial charge on any atom is -0.497 e. The van der Waals surface area contributed by atoms with Crippen LogP contribution in [0.25, 0.3) is 0 Å². The molecule has 0 saturated carbocycles. The van der Waals surface area contributed by atoms with Crippen molar-refractivity contribution in [1.29, 1.82) is 0 Å². The van der Waals surface area contributed by atoms with E-state index in [1.165, 1.54) is 5.56 Å². The maximum Gasteiger partial charge on any atom is 0.191 e. The Morgan fingerprint density at radius 3 is 2.54 bits per heavy atom. The molecular weight excluding hydrogens is 356 g/mol. The number of aliphatic imine (C=N–C) groups is 1. The molecule has 158 valence electrons. The number of nitrogens with one attached hydrogen (secondary N) is 2. The summed E-state index contributed by atoms with van der Waals surface area (Å²) in [6.07, 6.45) is 2.34. The van der Waals surface area contributed by atoms with E-state index in [1.54, 1.807) is 14.2 Å². The molecule has 28 heavy (non-hydrogen) atoms. The van der Waals surface area contributed by atoms with Gasteiger partial charge in [0.2, 0.25) is 0 Å². The highest BCUT2D eigenvalue weighted by Gasteiger charge is 2.23. The third kappa shape index (κ3) is 7.56. The van der Waals surface area contributed by atoms with Gasteiger partial charge in [-0.05, 0) is 44.4 Å². The first-order valence-corrected chi connectivity index (χ1v) is 10.1. The summed E-state index contributed by atoms with van der Waals surface area (Å²) in [5, 5.41) is 6.91. The Balaban J connectivity index is 1.76. The lowest BCUT2D eigenvalue weighted by atomic mass is 10.2. The summed E-state index contributed by atoms with van der Waals surface area (Å²) in [4.78, 5) is 6.78. The third-order valence-electron chi connectivity index (χ3n) is 4.72. The summed E-state index contributed by atoms with van der Waals surface area (Å²) in [7, 11) is 5.18. The van der Waals surface area contributed by atoms with Gasteiger partial charge in [0.05, 0.1) is 20.3 Å². The molecule has 1 saturated heterocycles. The Hall–Kier alpha value is -1.99. The van der Waals surface area contributed by atoms with Gasteiger partial charge in [0.1, 0.15) is 11.5 Å². The number of hydrogen-bond acceptors (Lipinski definition) is 5. The predicted molar refractivity (Wildman–Crippen MR) is 113 cm³/mol. The number of nitrogens with zero attached hydrogens (tertiary/aromatic N) is 2. The lowest BCUT2D eigenvalue weighted by Gasteiger charge is -2.19. The number of hydrogen-bond donors (Lipinski definition) is 2. The molecule has 2 rings (SSSR count). The van der Waals surface area contributed by atoms with Crippen molar-refractivity contribution < 1.29 is 14.2 Å². The minimum atomic E-state index is 0.284. The Kier molecular flexibility index (Phi) is 9.37. The normalized spacial score (nSPS) is 17.8. The van der Waals surface area contributed by atoms with Gasteiger partial charge in [0, 0.05) is 51.9 Å². The molecule has 0 bridgehead atoms. The molecule has 1 heterocycles. The molecule has 2 N–H and O–H groups in total. The smallest absolute Gasteiger partial charge is 0.191 e. The van der Waals surface area contributed by atoms with Crippen LogP contribution in [0.3, 0.4) is 0 Å². The zero-order chi connectivity index (χ0) is 20.4. The second-order valence-corrected chi connectivity index (χ2v) is 7.36. The second-order valence-electron chi connectivity index (χ2n) is 7.36. The van der Waals surface area contributed by atoms with Crippen molar-refractivity contribution >= 4 is 5.96 Å². The summed E-state index contributed by atoms with van der Waals surface area (Å²) in [5.41, 5.74) is 1.20. The fourth-order valence-corrected chi connectivity index (χ4v) is 3.30. The number of benzene rings is 1. The monoisotopic (exact) mass is 392 g/mol. The van der Waals surface area contributed by atoms with E-state index >= 15 is 0 Å². The van der Waals surface area contributed by atoms with E-state index in [2.05, 4.69) is 46.5 Å². The Bertz CT molecular complexity index is 599. The van der Waals surface area contributed by atoms with Crippen LogP contribution in [0.5, 0.6) is 11.5 Å². The van der Waals surface area contributed by atoms with Gasteiger partial charge in [0.15, 0.2) is 5.96 Å². The molecule has 0 amide bonds. The van der Waals surface area contributed by atoms with Crippen molar-refractivity contribution in [2.24, 2.45) is 4.99 Å². The third-order valence-corrected chi connectivity index (χ3v) is 4.72. The fraction of sp³-hybridized carbons (Fsp3) is 0.667. The first-order chi connectivity index (χ1) is 13.5. The Morgan fingerprint density at radius 2 is 1.93 bits per heavy atom. The quantitative estimate of drug-likeness (QED) is 0.362. The summed E-state index contributed by atoms with van der Waals surface area (Å²) < 4.78 is 16.3. The molecule has 1 fully saturated rings. The molecule has 0 spiro atoms. The molecule has 0 radical (unpaired) electrons. The highest BCUT2D eigenvalue weighted by atomic mass is 16.5. The van der Waals surface area contributed by atoms with Crippen molar-refractivity contribution in [2.45, 2.75) is 45.4 Å². The number of rotatable bonds is 10. The molecule has 0 aromatic heterocycles. The Morgan fingerprint density at radius 1 is 1.21 bits per heavy atom. The summed E-state index contributed by atoms with van der Waals surface area (Å²) in [6.45, 7) is 8.65. The van der Waals surface area contributed by atoms with E-state index in [0.717, 1.165) is 63.1 Å². The molecule has 1 aromatic rings. The first kappa shape index (κ1) is 22.3. The van der Waals surface area contributed by atoms with Crippen molar-refractivity contribution in [3.05, 3.63) is 23.8 Å². The lowest BCUT2D eigenvalue weighted by molar-refractivity contribution is 0.0776. The van der Waals surface area contributed by atoms with E-state index in [-0.39, 0.29) is 6.10 Å². The van der Waals surface area contributed by atoms with Gasteiger partial charge in [-0.25, -0.2) is 0 Å². The van der Waals surface area contributed by atoms with Crippen LogP contribution in [-0.2, 0) is 11.3 Å². The van der Waals surface area contributed by atoms with Crippen LogP contribution < -0.4 is 20.1 Å². The van der Waals surface area contributed by atoms with Crippen LogP contribution in [0.1, 0.15) is 32.3 Å². The van der Waals surface area contributed by atoms with Gasteiger partial charge < -0.3 is 24.8 Å². The highest BCUT2D eigenvalue weighted by molar-refractivity contribution is 5.79. The van der Waals surface area contributed by atoms with Crippen LogP contribution >= 0.6 is 0 Å². The molecule has 1 aromatic carbocycles. The van der Waals surface area contributed by atoms with E-state index in [9.17, 15) is 0 Å². The fourth-order valence-electron chi connectivity index (χ4n) is 3.30. The zero-order valence-electron chi connectivity index (χ0n) is 18.0. The van der Waals surface area contributed by atoms with E-state index in [4.69, 9.17) is 14.2 Å². The molecule has 1 atom stereocenters. The standard InChI is InChI=1S/C21H36N4O3/c1-16(2)28-10-6-8-23-21(22-3)24-18-7-9-25(15-18)14-17-11-19(26-4)13-20(12-17)27-5/h11-13,16,18H,6-10,14-15H2,1-5H3,(H2,22,23,24). The lowest BCUT2D eigenvalue weighted by Crippen LogP contribution is -2.44. The van der Waals surface area contributed by atoms with Gasteiger partial charge in [0.25, 0.3) is 0 Å². The van der Waals surface area contributed by atoms with E-state index in [0.29, 0.717) is 6.04 Å². The maximum atomic E-state index is 5.57. The van der Waals surface area contributed by atoms with Crippen molar-refractivity contribution in [1.82, 2.24) is 15.5 Å². The number of likely N-dealkylation sites (tertiary alicyclic amines) is 1. The van der Waals surface area contributed by atoms with Crippen molar-refractivity contribution in [2.75, 3.05) is 47.5 Å². The van der Waals surface area contributed by atoms with Gasteiger partial charge >= 0.3 is 0 Å². The molecule has 1 aliphatic heterocycles. The van der Waals surface area contributed by atoms with Gasteiger partial charge in [-0.3, -0.25) is 9.89 Å². The maximum absolute atomic E-state index is 5.57. The minimum absolute atomic E-state index is 0.284. The van der Waals surface area contributed by atoms with Crippen LogP contribution in [0.2, 0.25) is 0 Å². The zero-order valence-corrected chi connectivity index (χ0v) is 18.0. The molecular formula is C21H36N4O3. The SMILES string of the molecule is CN=C(NCCCOC(C)C)NC1CCN(Cc2cc(OC)cc(OC)c2)C1. The van der Waals surface area contributed by atoms with Gasteiger partial charge in [-0.1, -0.05) is 0 Å². The number of guanidine groups is 1. The molecule has 0 aliphatic carbocycles. The Labute approximate surface area is 169 Å². The number of methoxy groups -OCH3 is 2. The van der Waals surface area contributed by atoms with E-state index in [1.807, 2.05) is 13.1 Å². The van der Waals surface area contributed by atoms with Crippen LogP contribution in [-0.4, -0.2) is 70.5 Å². The molecule has 7 heteroatoms. The molecule has 1 unspecified atom stereocenters. The summed E-state index contributed by atoms with van der Waals surface area (Å²) in [5.74, 6) is 2.52. The second kappa shape index (κ2) is 11.8. The first-order valence-electron chi connectivity index (χ1n) is 10.1. The molecule has 7 nitrogen and oxygen atoms in total.